The summed E-state index contributed by atoms with van der Waals surface area (Å²) in [5.74, 6) is -3.56. The lowest BCUT2D eigenvalue weighted by Gasteiger charge is -2.37. The van der Waals surface area contributed by atoms with E-state index in [0.29, 0.717) is 25.8 Å². The highest BCUT2D eigenvalue weighted by molar-refractivity contribution is 5.96. The Morgan fingerprint density at radius 2 is 1.73 bits per heavy atom. The van der Waals surface area contributed by atoms with Gasteiger partial charge in [0.15, 0.2) is 6.10 Å². The summed E-state index contributed by atoms with van der Waals surface area (Å²) in [6.07, 6.45) is 1.72. The number of carbonyl (C=O) groups is 6. The van der Waals surface area contributed by atoms with Crippen molar-refractivity contribution in [2.75, 3.05) is 33.7 Å². The van der Waals surface area contributed by atoms with E-state index in [9.17, 15) is 28.8 Å². The highest BCUT2D eigenvalue weighted by Gasteiger charge is 2.42. The van der Waals surface area contributed by atoms with Gasteiger partial charge in [-0.15, -0.1) is 6.58 Å². The van der Waals surface area contributed by atoms with Crippen LogP contribution >= 0.6 is 0 Å². The van der Waals surface area contributed by atoms with Crippen LogP contribution in [0, 0.1) is 11.8 Å². The van der Waals surface area contributed by atoms with Crippen LogP contribution in [0.15, 0.2) is 12.7 Å². The molecule has 2 rings (SSSR count). The monoisotopic (exact) mass is 563 g/mol. The number of hydrogen-bond acceptors (Lipinski definition) is 7. The van der Waals surface area contributed by atoms with Crippen molar-refractivity contribution in [3.63, 3.8) is 0 Å². The van der Waals surface area contributed by atoms with Crippen LogP contribution in [0.2, 0.25) is 0 Å². The molecule has 2 heterocycles. The largest absolute Gasteiger partial charge is 0.452 e. The number of cyclic esters (lactones) is 1. The molecular weight excluding hydrogens is 518 g/mol. The molecule has 0 aromatic heterocycles. The van der Waals surface area contributed by atoms with E-state index in [0.717, 1.165) is 0 Å². The van der Waals surface area contributed by atoms with Crippen molar-refractivity contribution >= 4 is 35.5 Å². The van der Waals surface area contributed by atoms with Crippen LogP contribution in [0.25, 0.3) is 0 Å². The molecule has 5 amide bonds. The Hall–Kier alpha value is -3.44. The van der Waals surface area contributed by atoms with E-state index in [4.69, 9.17) is 4.74 Å². The molecule has 5 atom stereocenters. The molecule has 0 spiro atoms. The van der Waals surface area contributed by atoms with Gasteiger partial charge in [0, 0.05) is 33.6 Å². The summed E-state index contributed by atoms with van der Waals surface area (Å²) >= 11 is 0. The Balaban J connectivity index is 2.48. The van der Waals surface area contributed by atoms with Gasteiger partial charge in [-0.3, -0.25) is 28.8 Å². The molecule has 0 aliphatic carbocycles. The maximum absolute atomic E-state index is 13.8. The van der Waals surface area contributed by atoms with Crippen LogP contribution < -0.4 is 10.6 Å². The lowest BCUT2D eigenvalue weighted by atomic mass is 9.94. The lowest BCUT2D eigenvalue weighted by molar-refractivity contribution is -0.161. The highest BCUT2D eigenvalue weighted by atomic mass is 16.5. The smallest absolute Gasteiger partial charge is 0.308 e. The zero-order valence-electron chi connectivity index (χ0n) is 24.6. The Bertz CT molecular complexity index is 984. The molecular formula is C28H45N5O7. The van der Waals surface area contributed by atoms with Gasteiger partial charge < -0.3 is 30.1 Å². The maximum Gasteiger partial charge on any atom is 0.308 e. The molecule has 0 saturated carbocycles. The Kier molecular flexibility index (Phi) is 12.1. The number of ether oxygens (including phenoxy) is 1. The molecule has 2 fully saturated rings. The molecule has 0 aromatic rings. The Morgan fingerprint density at radius 3 is 2.33 bits per heavy atom. The van der Waals surface area contributed by atoms with Crippen LogP contribution in [-0.4, -0.2) is 108 Å². The molecule has 12 heteroatoms. The second kappa shape index (κ2) is 14.8. The summed E-state index contributed by atoms with van der Waals surface area (Å²) in [4.78, 5) is 83.2. The molecule has 2 saturated heterocycles. The third-order valence-electron chi connectivity index (χ3n) is 7.60. The van der Waals surface area contributed by atoms with E-state index < -0.39 is 59.7 Å². The van der Waals surface area contributed by atoms with E-state index in [1.807, 2.05) is 13.8 Å². The van der Waals surface area contributed by atoms with Gasteiger partial charge in [-0.25, -0.2) is 0 Å². The molecule has 2 aliphatic rings. The van der Waals surface area contributed by atoms with Gasteiger partial charge in [0.2, 0.25) is 23.6 Å². The number of likely N-dealkylation sites (N-methyl/N-ethyl adjacent to an activating group) is 2. The quantitative estimate of drug-likeness (QED) is 0.365. The molecule has 0 bridgehead atoms. The Morgan fingerprint density at radius 1 is 1.05 bits per heavy atom. The predicted molar refractivity (Wildman–Crippen MR) is 147 cm³/mol. The van der Waals surface area contributed by atoms with Crippen molar-refractivity contribution in [3.05, 3.63) is 12.7 Å². The van der Waals surface area contributed by atoms with Gasteiger partial charge >= 0.3 is 5.97 Å². The summed E-state index contributed by atoms with van der Waals surface area (Å²) in [5, 5.41) is 5.45. The van der Waals surface area contributed by atoms with Crippen molar-refractivity contribution in [3.8, 4) is 0 Å². The summed E-state index contributed by atoms with van der Waals surface area (Å²) < 4.78 is 5.42. The normalized spacial score (nSPS) is 27.3. The number of carbonyl (C=O) groups excluding carboxylic acids is 6. The molecule has 1 unspecified atom stereocenters. The maximum atomic E-state index is 13.8. The average molecular weight is 564 g/mol. The highest BCUT2D eigenvalue weighted by Crippen LogP contribution is 2.23. The van der Waals surface area contributed by atoms with E-state index >= 15 is 0 Å². The van der Waals surface area contributed by atoms with Crippen molar-refractivity contribution in [1.82, 2.24) is 25.3 Å². The molecule has 0 radical (unpaired) electrons. The van der Waals surface area contributed by atoms with E-state index in [-0.39, 0.29) is 37.8 Å². The van der Waals surface area contributed by atoms with Crippen LogP contribution in [-0.2, 0) is 33.5 Å². The van der Waals surface area contributed by atoms with Crippen LogP contribution in [0.5, 0.6) is 0 Å². The summed E-state index contributed by atoms with van der Waals surface area (Å²) in [6, 6.07) is -2.65. The standard InChI is InChI=1S/C28H45N5O7/c1-8-11-20-26(37)33-15-10-12-19(33)25(36)30-23(18(5)9-2)27(38)32(7)24(17(3)4)28(39)31(6)16-21(34)29-14-13-22(35)40-20/h8,17-20,23-24H,1,9-16H2,2-7H3,(H,29,34)(H,30,36)/t18-,19-,20?,23-,24-/m0/s1. The zero-order valence-corrected chi connectivity index (χ0v) is 24.6. The van der Waals surface area contributed by atoms with E-state index in [2.05, 4.69) is 17.2 Å². The number of esters is 1. The third kappa shape index (κ3) is 8.04. The van der Waals surface area contributed by atoms with Gasteiger partial charge in [-0.1, -0.05) is 40.2 Å². The van der Waals surface area contributed by atoms with Gasteiger partial charge in [0.1, 0.15) is 18.1 Å². The number of rotatable bonds is 5. The molecule has 40 heavy (non-hydrogen) atoms. The van der Waals surface area contributed by atoms with Crippen LogP contribution in [0.3, 0.4) is 0 Å². The SMILES string of the molecule is C=CCC1OC(=O)CCNC(=O)CN(C)C(=O)[C@H](C(C)C)N(C)C(=O)[C@H]([C@@H](C)CC)NC(=O)[C@@H]2CCCN2C1=O. The van der Waals surface area contributed by atoms with Gasteiger partial charge in [0.25, 0.3) is 5.91 Å². The summed E-state index contributed by atoms with van der Waals surface area (Å²) in [7, 11) is 3.00. The molecule has 224 valence electrons. The molecule has 12 nitrogen and oxygen atoms in total. The topological polar surface area (TPSA) is 145 Å². The van der Waals surface area contributed by atoms with Crippen molar-refractivity contribution in [2.45, 2.75) is 84.0 Å². The number of nitrogens with zero attached hydrogens (tertiary/aromatic N) is 3. The first-order valence-electron chi connectivity index (χ1n) is 14.0. The first kappa shape index (κ1) is 32.8. The van der Waals surface area contributed by atoms with Crippen molar-refractivity contribution < 1.29 is 33.5 Å². The Labute approximate surface area is 236 Å². The zero-order chi connectivity index (χ0) is 30.1. The van der Waals surface area contributed by atoms with E-state index in [1.54, 1.807) is 13.8 Å². The van der Waals surface area contributed by atoms with Crippen molar-refractivity contribution in [1.29, 1.82) is 0 Å². The molecule has 0 aromatic carbocycles. The van der Waals surface area contributed by atoms with Gasteiger partial charge in [-0.2, -0.15) is 0 Å². The average Bonchev–Trinajstić information content (AvgIpc) is 3.39. The fourth-order valence-corrected chi connectivity index (χ4v) is 5.12. The fraction of sp³-hybridized carbons (Fsp3) is 0.714. The first-order chi connectivity index (χ1) is 18.8. The fourth-order valence-electron chi connectivity index (χ4n) is 5.12. The number of fused-ring (bicyclic) bond motifs is 1. The number of nitrogens with one attached hydrogen (secondary N) is 2. The minimum absolute atomic E-state index is 0.0496. The second-order valence-electron chi connectivity index (χ2n) is 11.0. The summed E-state index contributed by atoms with van der Waals surface area (Å²) in [5.41, 5.74) is 0. The van der Waals surface area contributed by atoms with Crippen molar-refractivity contribution in [2.24, 2.45) is 11.8 Å². The van der Waals surface area contributed by atoms with Gasteiger partial charge in [-0.05, 0) is 24.7 Å². The second-order valence-corrected chi connectivity index (χ2v) is 11.0. The van der Waals surface area contributed by atoms with Gasteiger partial charge in [0.05, 0.1) is 13.0 Å². The molecule has 2 N–H and O–H groups in total. The third-order valence-corrected chi connectivity index (χ3v) is 7.60. The lowest BCUT2D eigenvalue weighted by Crippen LogP contribution is -2.60. The predicted octanol–water partition coefficient (Wildman–Crippen LogP) is 0.458. The minimum atomic E-state index is -1.16. The molecule has 2 aliphatic heterocycles. The number of amides is 5. The van der Waals surface area contributed by atoms with E-state index in [1.165, 1.54) is 34.9 Å². The first-order valence-corrected chi connectivity index (χ1v) is 14.0. The van der Waals surface area contributed by atoms with Crippen LogP contribution in [0.1, 0.15) is 59.8 Å². The van der Waals surface area contributed by atoms with Crippen LogP contribution in [0.4, 0.5) is 0 Å². The number of hydrogen-bond donors (Lipinski definition) is 2. The summed E-state index contributed by atoms with van der Waals surface area (Å²) in [6.45, 7) is 11.0. The minimum Gasteiger partial charge on any atom is -0.452 e.